The second-order valence-corrected chi connectivity index (χ2v) is 3.84. The number of hydrogen-bond acceptors (Lipinski definition) is 2. The quantitative estimate of drug-likeness (QED) is 0.677. The minimum atomic E-state index is -0.764. The molecule has 0 spiro atoms. The summed E-state index contributed by atoms with van der Waals surface area (Å²) in [4.78, 5) is 10.7. The van der Waals surface area contributed by atoms with Crippen LogP contribution in [0.3, 0.4) is 0 Å². The Morgan fingerprint density at radius 1 is 1.50 bits per heavy atom. The summed E-state index contributed by atoms with van der Waals surface area (Å²) in [6.45, 7) is 0. The maximum Gasteiger partial charge on any atom is 0.321 e. The van der Waals surface area contributed by atoms with Gasteiger partial charge >= 0.3 is 5.97 Å². The van der Waals surface area contributed by atoms with Gasteiger partial charge in [0, 0.05) is 0 Å². The normalized spacial score (nSPS) is 19.1. The Bertz CT molecular complexity index is 215. The molecule has 1 aliphatic rings. The van der Waals surface area contributed by atoms with Crippen molar-refractivity contribution in [3.05, 3.63) is 11.6 Å². The van der Waals surface area contributed by atoms with Crippen LogP contribution >= 0.6 is 0 Å². The fourth-order valence-electron chi connectivity index (χ4n) is 1.84. The van der Waals surface area contributed by atoms with Crippen molar-refractivity contribution < 1.29 is 9.90 Å². The number of likely N-dealkylation sites (N-methyl/N-ethyl adjacent to an activating group) is 1. The SMILES string of the molecule is CNC(CC=C1CCCCC1)C(=O)O. The molecule has 0 amide bonds. The third-order valence-corrected chi connectivity index (χ3v) is 2.78. The van der Waals surface area contributed by atoms with Crippen LogP contribution in [0.2, 0.25) is 0 Å². The van der Waals surface area contributed by atoms with Gasteiger partial charge < -0.3 is 10.4 Å². The number of allylic oxidation sites excluding steroid dienone is 1. The van der Waals surface area contributed by atoms with Gasteiger partial charge in [-0.15, -0.1) is 0 Å². The van der Waals surface area contributed by atoms with Crippen LogP contribution in [0.5, 0.6) is 0 Å². The lowest BCUT2D eigenvalue weighted by atomic mass is 9.93. The average molecular weight is 197 g/mol. The van der Waals surface area contributed by atoms with E-state index in [1.807, 2.05) is 0 Å². The predicted molar refractivity (Wildman–Crippen MR) is 56.3 cm³/mol. The van der Waals surface area contributed by atoms with Gasteiger partial charge in [-0.25, -0.2) is 0 Å². The first-order valence-electron chi connectivity index (χ1n) is 5.32. The summed E-state index contributed by atoms with van der Waals surface area (Å²) in [5.41, 5.74) is 1.44. The zero-order chi connectivity index (χ0) is 10.4. The first-order valence-corrected chi connectivity index (χ1v) is 5.32. The zero-order valence-corrected chi connectivity index (χ0v) is 8.75. The minimum absolute atomic E-state index is 0.426. The van der Waals surface area contributed by atoms with Crippen LogP contribution in [0, 0.1) is 0 Å². The summed E-state index contributed by atoms with van der Waals surface area (Å²) in [7, 11) is 1.69. The number of carboxylic acid groups (broad SMARTS) is 1. The highest BCUT2D eigenvalue weighted by molar-refractivity contribution is 5.73. The average Bonchev–Trinajstić information content (AvgIpc) is 2.20. The number of hydrogen-bond donors (Lipinski definition) is 2. The van der Waals surface area contributed by atoms with Crippen molar-refractivity contribution in [3.63, 3.8) is 0 Å². The molecule has 1 aliphatic carbocycles. The first-order chi connectivity index (χ1) is 6.74. The summed E-state index contributed by atoms with van der Waals surface area (Å²) < 4.78 is 0. The largest absolute Gasteiger partial charge is 0.480 e. The van der Waals surface area contributed by atoms with Crippen molar-refractivity contribution in [2.45, 2.75) is 44.6 Å². The number of carboxylic acids is 1. The highest BCUT2D eigenvalue weighted by Gasteiger charge is 2.13. The van der Waals surface area contributed by atoms with Gasteiger partial charge in [0.15, 0.2) is 0 Å². The molecule has 0 aromatic carbocycles. The summed E-state index contributed by atoms with van der Waals surface area (Å²) >= 11 is 0. The second kappa shape index (κ2) is 5.81. The second-order valence-electron chi connectivity index (χ2n) is 3.84. The van der Waals surface area contributed by atoms with E-state index in [0.717, 1.165) is 12.8 Å². The van der Waals surface area contributed by atoms with Crippen LogP contribution in [-0.2, 0) is 4.79 Å². The van der Waals surface area contributed by atoms with E-state index in [1.54, 1.807) is 7.05 Å². The number of carbonyl (C=O) groups is 1. The van der Waals surface area contributed by atoms with Gasteiger partial charge in [0.1, 0.15) is 6.04 Å². The van der Waals surface area contributed by atoms with Gasteiger partial charge in [0.25, 0.3) is 0 Å². The molecular formula is C11H19NO2. The Morgan fingerprint density at radius 3 is 2.64 bits per heavy atom. The highest BCUT2D eigenvalue weighted by atomic mass is 16.4. The Hall–Kier alpha value is -0.830. The standard InChI is InChI=1S/C11H19NO2/c1-12-10(11(13)14)8-7-9-5-3-2-4-6-9/h7,10,12H,2-6,8H2,1H3,(H,13,14). The fourth-order valence-corrected chi connectivity index (χ4v) is 1.84. The Balaban J connectivity index is 2.38. The van der Waals surface area contributed by atoms with Crippen LogP contribution in [0.25, 0.3) is 0 Å². The molecule has 80 valence electrons. The smallest absolute Gasteiger partial charge is 0.321 e. The summed E-state index contributed by atoms with van der Waals surface area (Å²) in [6.07, 6.45) is 8.90. The number of rotatable bonds is 4. The van der Waals surface area contributed by atoms with E-state index in [4.69, 9.17) is 5.11 Å². The van der Waals surface area contributed by atoms with Crippen LogP contribution in [-0.4, -0.2) is 24.2 Å². The first kappa shape index (κ1) is 11.2. The fraction of sp³-hybridized carbons (Fsp3) is 0.727. The van der Waals surface area contributed by atoms with Crippen LogP contribution in [0.15, 0.2) is 11.6 Å². The van der Waals surface area contributed by atoms with E-state index < -0.39 is 12.0 Å². The predicted octanol–water partition coefficient (Wildman–Crippen LogP) is 1.94. The van der Waals surface area contributed by atoms with Crippen molar-refractivity contribution in [2.75, 3.05) is 7.05 Å². The number of nitrogens with one attached hydrogen (secondary N) is 1. The van der Waals surface area contributed by atoms with Crippen LogP contribution in [0.1, 0.15) is 38.5 Å². The zero-order valence-electron chi connectivity index (χ0n) is 8.75. The molecule has 0 saturated heterocycles. The Morgan fingerprint density at radius 2 is 2.14 bits per heavy atom. The molecule has 0 aliphatic heterocycles. The molecule has 0 heterocycles. The summed E-state index contributed by atoms with van der Waals surface area (Å²) in [6, 6.07) is -0.426. The molecular weight excluding hydrogens is 178 g/mol. The topological polar surface area (TPSA) is 49.3 Å². The van der Waals surface area contributed by atoms with Crippen molar-refractivity contribution in [3.8, 4) is 0 Å². The van der Waals surface area contributed by atoms with Crippen molar-refractivity contribution >= 4 is 5.97 Å². The van der Waals surface area contributed by atoms with E-state index >= 15 is 0 Å². The summed E-state index contributed by atoms with van der Waals surface area (Å²) in [5.74, 6) is -0.764. The van der Waals surface area contributed by atoms with Crippen LogP contribution in [0.4, 0.5) is 0 Å². The van der Waals surface area contributed by atoms with Gasteiger partial charge in [0.2, 0.25) is 0 Å². The molecule has 14 heavy (non-hydrogen) atoms. The van der Waals surface area contributed by atoms with Crippen LogP contribution < -0.4 is 5.32 Å². The lowest BCUT2D eigenvalue weighted by Crippen LogP contribution is -2.33. The van der Waals surface area contributed by atoms with E-state index in [0.29, 0.717) is 6.42 Å². The molecule has 1 fully saturated rings. The van der Waals surface area contributed by atoms with Crippen molar-refractivity contribution in [2.24, 2.45) is 0 Å². The van der Waals surface area contributed by atoms with Gasteiger partial charge in [0.05, 0.1) is 0 Å². The van der Waals surface area contributed by atoms with E-state index in [9.17, 15) is 4.79 Å². The maximum atomic E-state index is 10.7. The Labute approximate surface area is 85.2 Å². The minimum Gasteiger partial charge on any atom is -0.480 e. The van der Waals surface area contributed by atoms with Gasteiger partial charge in [-0.2, -0.15) is 0 Å². The lowest BCUT2D eigenvalue weighted by molar-refractivity contribution is -0.139. The van der Waals surface area contributed by atoms with Gasteiger partial charge in [-0.3, -0.25) is 4.79 Å². The van der Waals surface area contributed by atoms with Gasteiger partial charge in [-0.05, 0) is 39.2 Å². The summed E-state index contributed by atoms with van der Waals surface area (Å²) in [5, 5.41) is 11.6. The highest BCUT2D eigenvalue weighted by Crippen LogP contribution is 2.23. The van der Waals surface area contributed by atoms with E-state index in [1.165, 1.54) is 24.8 Å². The molecule has 3 heteroatoms. The molecule has 0 bridgehead atoms. The van der Waals surface area contributed by atoms with Gasteiger partial charge in [-0.1, -0.05) is 18.1 Å². The third-order valence-electron chi connectivity index (χ3n) is 2.78. The molecule has 1 saturated carbocycles. The molecule has 2 N–H and O–H groups in total. The van der Waals surface area contributed by atoms with E-state index in [2.05, 4.69) is 11.4 Å². The molecule has 3 nitrogen and oxygen atoms in total. The van der Waals surface area contributed by atoms with E-state index in [-0.39, 0.29) is 0 Å². The molecule has 1 unspecified atom stereocenters. The molecule has 0 aromatic rings. The Kier molecular flexibility index (Phi) is 4.66. The molecule has 1 rings (SSSR count). The monoisotopic (exact) mass is 197 g/mol. The molecule has 0 aromatic heterocycles. The molecule has 1 atom stereocenters. The van der Waals surface area contributed by atoms with Crippen molar-refractivity contribution in [1.82, 2.24) is 5.32 Å². The molecule has 0 radical (unpaired) electrons. The lowest BCUT2D eigenvalue weighted by Gasteiger charge is -2.15. The number of aliphatic carboxylic acids is 1. The van der Waals surface area contributed by atoms with Crippen molar-refractivity contribution in [1.29, 1.82) is 0 Å². The maximum absolute atomic E-state index is 10.7. The third kappa shape index (κ3) is 3.50.